The van der Waals surface area contributed by atoms with E-state index in [1.807, 2.05) is 0 Å². The van der Waals surface area contributed by atoms with E-state index in [2.05, 4.69) is 31.1 Å². The molecule has 0 aromatic carbocycles. The second kappa shape index (κ2) is 11.5. The Morgan fingerprint density at radius 1 is 1.17 bits per heavy atom. The summed E-state index contributed by atoms with van der Waals surface area (Å²) in [5.74, 6) is 4.98. The van der Waals surface area contributed by atoms with Crippen molar-refractivity contribution in [2.45, 2.75) is 71.8 Å². The van der Waals surface area contributed by atoms with Gasteiger partial charge in [0.2, 0.25) is 5.91 Å². The van der Waals surface area contributed by atoms with Crippen LogP contribution in [-0.2, 0) is 4.79 Å². The van der Waals surface area contributed by atoms with E-state index >= 15 is 0 Å². The van der Waals surface area contributed by atoms with Crippen LogP contribution in [0.2, 0.25) is 0 Å². The van der Waals surface area contributed by atoms with E-state index in [9.17, 15) is 4.79 Å². The molecule has 3 N–H and O–H groups in total. The van der Waals surface area contributed by atoms with Crippen molar-refractivity contribution in [1.82, 2.24) is 10.3 Å². The molecule has 0 aliphatic carbocycles. The molecule has 1 unspecified atom stereocenters. The highest BCUT2D eigenvalue weighted by Gasteiger charge is 2.10. The van der Waals surface area contributed by atoms with Crippen molar-refractivity contribution in [2.24, 2.45) is 5.84 Å². The SMILES string of the molecule is CCCCN(CCCCCC(=O)NN)C(C)CC. The molecule has 18 heavy (non-hydrogen) atoms. The van der Waals surface area contributed by atoms with Crippen LogP contribution in [0.25, 0.3) is 0 Å². The summed E-state index contributed by atoms with van der Waals surface area (Å²) in [5, 5.41) is 0. The molecular weight excluding hydrogens is 226 g/mol. The number of unbranched alkanes of at least 4 members (excludes halogenated alkanes) is 3. The van der Waals surface area contributed by atoms with Crippen LogP contribution in [0.1, 0.15) is 65.7 Å². The largest absolute Gasteiger partial charge is 0.301 e. The normalized spacial score (nSPS) is 12.7. The molecule has 0 aromatic rings. The van der Waals surface area contributed by atoms with Crippen molar-refractivity contribution in [3.05, 3.63) is 0 Å². The summed E-state index contributed by atoms with van der Waals surface area (Å²) in [6, 6.07) is 0.670. The van der Waals surface area contributed by atoms with Gasteiger partial charge in [0.25, 0.3) is 0 Å². The fourth-order valence-electron chi connectivity index (χ4n) is 2.02. The number of carbonyl (C=O) groups excluding carboxylic acids is 1. The highest BCUT2D eigenvalue weighted by molar-refractivity contribution is 5.74. The molecule has 1 atom stereocenters. The minimum Gasteiger partial charge on any atom is -0.301 e. The van der Waals surface area contributed by atoms with Crippen molar-refractivity contribution in [1.29, 1.82) is 0 Å². The van der Waals surface area contributed by atoms with E-state index in [1.54, 1.807) is 0 Å². The lowest BCUT2D eigenvalue weighted by Gasteiger charge is -2.28. The smallest absolute Gasteiger partial charge is 0.233 e. The van der Waals surface area contributed by atoms with Crippen LogP contribution in [-0.4, -0.2) is 29.9 Å². The Kier molecular flexibility index (Phi) is 11.1. The van der Waals surface area contributed by atoms with Crippen LogP contribution in [0.15, 0.2) is 0 Å². The lowest BCUT2D eigenvalue weighted by atomic mass is 10.1. The Hall–Kier alpha value is -0.610. The average Bonchev–Trinajstić information content (AvgIpc) is 2.40. The van der Waals surface area contributed by atoms with Crippen molar-refractivity contribution in [3.63, 3.8) is 0 Å². The number of hydrogen-bond donors (Lipinski definition) is 2. The molecule has 0 aliphatic heterocycles. The van der Waals surface area contributed by atoms with Gasteiger partial charge in [-0.15, -0.1) is 0 Å². The number of nitrogens with zero attached hydrogens (tertiary/aromatic N) is 1. The zero-order chi connectivity index (χ0) is 13.8. The monoisotopic (exact) mass is 257 g/mol. The molecule has 0 fully saturated rings. The van der Waals surface area contributed by atoms with Gasteiger partial charge in [-0.05, 0) is 45.7 Å². The number of nitrogens with two attached hydrogens (primary N) is 1. The molecule has 0 aromatic heterocycles. The molecule has 1 amide bonds. The van der Waals surface area contributed by atoms with Gasteiger partial charge in [-0.1, -0.05) is 26.7 Å². The predicted molar refractivity (Wildman–Crippen MR) is 77.0 cm³/mol. The summed E-state index contributed by atoms with van der Waals surface area (Å²) in [7, 11) is 0. The summed E-state index contributed by atoms with van der Waals surface area (Å²) in [6.07, 6.45) is 7.50. The summed E-state index contributed by atoms with van der Waals surface area (Å²) in [6.45, 7) is 9.14. The van der Waals surface area contributed by atoms with Crippen LogP contribution < -0.4 is 11.3 Å². The van der Waals surface area contributed by atoms with Crippen molar-refractivity contribution >= 4 is 5.91 Å². The fourth-order valence-corrected chi connectivity index (χ4v) is 2.02. The number of amides is 1. The average molecular weight is 257 g/mol. The lowest BCUT2D eigenvalue weighted by molar-refractivity contribution is -0.121. The maximum atomic E-state index is 11.0. The number of hydrogen-bond acceptors (Lipinski definition) is 3. The Balaban J connectivity index is 3.71. The number of hydrazine groups is 1. The summed E-state index contributed by atoms with van der Waals surface area (Å²) >= 11 is 0. The Bertz CT molecular complexity index is 209. The molecule has 0 heterocycles. The van der Waals surface area contributed by atoms with Crippen LogP contribution >= 0.6 is 0 Å². The highest BCUT2D eigenvalue weighted by Crippen LogP contribution is 2.09. The van der Waals surface area contributed by atoms with Crippen molar-refractivity contribution in [2.75, 3.05) is 13.1 Å². The van der Waals surface area contributed by atoms with Crippen molar-refractivity contribution in [3.8, 4) is 0 Å². The third-order valence-corrected chi connectivity index (χ3v) is 3.52. The zero-order valence-corrected chi connectivity index (χ0v) is 12.4. The molecule has 4 heteroatoms. The Labute approximate surface area is 112 Å². The minimum absolute atomic E-state index is 0.0558. The van der Waals surface area contributed by atoms with E-state index < -0.39 is 0 Å². The first-order chi connectivity index (χ1) is 8.65. The standard InChI is InChI=1S/C14H31N3O/c1-4-6-11-17(13(3)5-2)12-9-7-8-10-14(18)16-15/h13H,4-12,15H2,1-3H3,(H,16,18). The zero-order valence-electron chi connectivity index (χ0n) is 12.4. The van der Waals surface area contributed by atoms with Gasteiger partial charge in [-0.3, -0.25) is 10.2 Å². The molecule has 0 saturated carbocycles. The molecule has 0 rings (SSSR count). The molecule has 0 saturated heterocycles. The van der Waals surface area contributed by atoms with Gasteiger partial charge in [-0.2, -0.15) is 0 Å². The second-order valence-electron chi connectivity index (χ2n) is 5.02. The van der Waals surface area contributed by atoms with Gasteiger partial charge in [0.05, 0.1) is 0 Å². The van der Waals surface area contributed by atoms with Gasteiger partial charge in [0, 0.05) is 12.5 Å². The first-order valence-corrected chi connectivity index (χ1v) is 7.39. The lowest BCUT2D eigenvalue weighted by Crippen LogP contribution is -2.34. The van der Waals surface area contributed by atoms with E-state index in [-0.39, 0.29) is 5.91 Å². The highest BCUT2D eigenvalue weighted by atomic mass is 16.2. The van der Waals surface area contributed by atoms with Gasteiger partial charge in [-0.25, -0.2) is 5.84 Å². The van der Waals surface area contributed by atoms with Gasteiger partial charge in [0.15, 0.2) is 0 Å². The first kappa shape index (κ1) is 17.4. The van der Waals surface area contributed by atoms with E-state index in [4.69, 9.17) is 5.84 Å². The maximum Gasteiger partial charge on any atom is 0.233 e. The third kappa shape index (κ3) is 8.48. The van der Waals surface area contributed by atoms with Crippen LogP contribution in [0, 0.1) is 0 Å². The van der Waals surface area contributed by atoms with Crippen LogP contribution in [0.3, 0.4) is 0 Å². The maximum absolute atomic E-state index is 11.0. The number of carbonyl (C=O) groups is 1. The Morgan fingerprint density at radius 3 is 2.39 bits per heavy atom. The topological polar surface area (TPSA) is 58.4 Å². The van der Waals surface area contributed by atoms with Crippen LogP contribution in [0.4, 0.5) is 0 Å². The van der Waals surface area contributed by atoms with Gasteiger partial charge in [0.1, 0.15) is 0 Å². The number of nitrogens with one attached hydrogen (secondary N) is 1. The predicted octanol–water partition coefficient (Wildman–Crippen LogP) is 2.44. The Morgan fingerprint density at radius 2 is 1.83 bits per heavy atom. The van der Waals surface area contributed by atoms with Gasteiger partial charge < -0.3 is 4.90 Å². The summed E-state index contributed by atoms with van der Waals surface area (Å²) < 4.78 is 0. The van der Waals surface area contributed by atoms with E-state index in [0.717, 1.165) is 19.4 Å². The molecular formula is C14H31N3O. The second-order valence-corrected chi connectivity index (χ2v) is 5.02. The van der Waals surface area contributed by atoms with E-state index in [0.29, 0.717) is 12.5 Å². The quantitative estimate of drug-likeness (QED) is 0.259. The minimum atomic E-state index is -0.0558. The summed E-state index contributed by atoms with van der Waals surface area (Å²) in [5.41, 5.74) is 2.17. The first-order valence-electron chi connectivity index (χ1n) is 7.39. The molecule has 108 valence electrons. The molecule has 0 aliphatic rings. The molecule has 0 spiro atoms. The van der Waals surface area contributed by atoms with E-state index in [1.165, 1.54) is 32.2 Å². The fraction of sp³-hybridized carbons (Fsp3) is 0.929. The van der Waals surface area contributed by atoms with Crippen molar-refractivity contribution < 1.29 is 4.79 Å². The number of rotatable bonds is 11. The third-order valence-electron chi connectivity index (χ3n) is 3.52. The summed E-state index contributed by atoms with van der Waals surface area (Å²) in [4.78, 5) is 13.5. The molecule has 0 bridgehead atoms. The molecule has 4 nitrogen and oxygen atoms in total. The van der Waals surface area contributed by atoms with Crippen LogP contribution in [0.5, 0.6) is 0 Å². The molecule has 0 radical (unpaired) electrons. The van der Waals surface area contributed by atoms with Gasteiger partial charge >= 0.3 is 0 Å².